The van der Waals surface area contributed by atoms with Gasteiger partial charge in [0.1, 0.15) is 5.75 Å². The Labute approximate surface area is 237 Å². The molecule has 2 heterocycles. The van der Waals surface area contributed by atoms with Crippen molar-refractivity contribution in [3.63, 3.8) is 0 Å². The van der Waals surface area contributed by atoms with Gasteiger partial charge in [-0.25, -0.2) is 0 Å². The molecular formula is C33H41N5O2. The maximum atomic E-state index is 13.4. The van der Waals surface area contributed by atoms with Crippen molar-refractivity contribution in [2.75, 3.05) is 57.8 Å². The Morgan fingerprint density at radius 3 is 2.45 bits per heavy atom. The predicted molar refractivity (Wildman–Crippen MR) is 163 cm³/mol. The van der Waals surface area contributed by atoms with Gasteiger partial charge in [0.25, 0.3) is 0 Å². The highest BCUT2D eigenvalue weighted by Crippen LogP contribution is 2.22. The number of aromatic amines is 1. The average Bonchev–Trinajstić information content (AvgIpc) is 3.40. The second-order valence-corrected chi connectivity index (χ2v) is 10.6. The van der Waals surface area contributed by atoms with Gasteiger partial charge in [-0.05, 0) is 42.8 Å². The minimum Gasteiger partial charge on any atom is -0.496 e. The number of likely N-dealkylation sites (N-methyl/N-ethyl adjacent to an activating group) is 1. The molecule has 40 heavy (non-hydrogen) atoms. The van der Waals surface area contributed by atoms with Crippen LogP contribution < -0.4 is 15.0 Å². The van der Waals surface area contributed by atoms with E-state index in [1.165, 1.54) is 16.6 Å². The Kier molecular flexibility index (Phi) is 9.37. The summed E-state index contributed by atoms with van der Waals surface area (Å²) >= 11 is 0. The van der Waals surface area contributed by atoms with Crippen LogP contribution in [0.2, 0.25) is 0 Å². The molecule has 7 heteroatoms. The Bertz CT molecular complexity index is 1360. The molecule has 3 aromatic carbocycles. The number of carbonyl (C=O) groups excluding carboxylic acids is 1. The number of nitrogens with one attached hydrogen (secondary N) is 2. The number of fused-ring (bicyclic) bond motifs is 1. The number of piperazine rings is 1. The minimum absolute atomic E-state index is 0.0213. The molecule has 2 N–H and O–H groups in total. The summed E-state index contributed by atoms with van der Waals surface area (Å²) in [5, 5.41) is 4.62. The van der Waals surface area contributed by atoms with E-state index in [1.807, 2.05) is 24.3 Å². The van der Waals surface area contributed by atoms with Crippen molar-refractivity contribution in [3.8, 4) is 5.75 Å². The average molecular weight is 540 g/mol. The van der Waals surface area contributed by atoms with Crippen molar-refractivity contribution in [3.05, 3.63) is 96.2 Å². The van der Waals surface area contributed by atoms with Gasteiger partial charge in [-0.1, -0.05) is 61.5 Å². The van der Waals surface area contributed by atoms with Crippen LogP contribution in [0, 0.1) is 0 Å². The number of hydrogen-bond donors (Lipinski definition) is 2. The summed E-state index contributed by atoms with van der Waals surface area (Å²) in [6.45, 7) is 8.60. The molecule has 1 atom stereocenters. The number of anilines is 1. The van der Waals surface area contributed by atoms with Gasteiger partial charge in [0.15, 0.2) is 0 Å². The van der Waals surface area contributed by atoms with E-state index < -0.39 is 0 Å². The van der Waals surface area contributed by atoms with Gasteiger partial charge in [-0.3, -0.25) is 14.6 Å². The maximum absolute atomic E-state index is 13.4. The van der Waals surface area contributed by atoms with E-state index in [0.29, 0.717) is 6.54 Å². The van der Waals surface area contributed by atoms with E-state index in [0.717, 1.165) is 69.1 Å². The summed E-state index contributed by atoms with van der Waals surface area (Å²) in [7, 11) is 1.72. The Morgan fingerprint density at radius 2 is 1.68 bits per heavy atom. The molecule has 1 unspecified atom stereocenters. The molecule has 0 saturated carbocycles. The first kappa shape index (κ1) is 27.7. The molecule has 0 spiro atoms. The van der Waals surface area contributed by atoms with Crippen LogP contribution in [0.25, 0.3) is 10.9 Å². The fraction of sp³-hybridized carbons (Fsp3) is 0.364. The molecular weight excluding hydrogens is 498 g/mol. The quantitative estimate of drug-likeness (QED) is 0.277. The number of hydrogen-bond acceptors (Lipinski definition) is 5. The SMILES string of the molecule is CCN(Cc1ccccc1OC)CC(Cc1c[nH]c2ccccc12)NC(=O)CN1CCN(c2ccccc2)CC1. The van der Waals surface area contributed by atoms with Crippen LogP contribution in [-0.4, -0.2) is 79.7 Å². The number of methoxy groups -OCH3 is 1. The van der Waals surface area contributed by atoms with Crippen LogP contribution in [0.15, 0.2) is 85.1 Å². The summed E-state index contributed by atoms with van der Waals surface area (Å²) in [4.78, 5) is 23.8. The summed E-state index contributed by atoms with van der Waals surface area (Å²) in [5.41, 5.74) is 4.76. The van der Waals surface area contributed by atoms with Gasteiger partial charge in [0, 0.05) is 73.7 Å². The first-order chi connectivity index (χ1) is 19.6. The number of rotatable bonds is 12. The topological polar surface area (TPSA) is 63.8 Å². The zero-order valence-electron chi connectivity index (χ0n) is 23.7. The van der Waals surface area contributed by atoms with E-state index in [-0.39, 0.29) is 11.9 Å². The highest BCUT2D eigenvalue weighted by atomic mass is 16.5. The fourth-order valence-electron chi connectivity index (χ4n) is 5.70. The number of nitrogens with zero attached hydrogens (tertiary/aromatic N) is 3. The van der Waals surface area contributed by atoms with Crippen molar-refractivity contribution in [1.29, 1.82) is 0 Å². The van der Waals surface area contributed by atoms with Crippen LogP contribution in [0.3, 0.4) is 0 Å². The molecule has 1 fully saturated rings. The van der Waals surface area contributed by atoms with Crippen LogP contribution in [0.1, 0.15) is 18.1 Å². The van der Waals surface area contributed by atoms with Crippen LogP contribution in [0.5, 0.6) is 5.75 Å². The van der Waals surface area contributed by atoms with Crippen molar-refractivity contribution in [1.82, 2.24) is 20.1 Å². The number of amides is 1. The predicted octanol–water partition coefficient (Wildman–Crippen LogP) is 4.55. The monoisotopic (exact) mass is 539 g/mol. The van der Waals surface area contributed by atoms with Crippen molar-refractivity contribution < 1.29 is 9.53 Å². The molecule has 210 valence electrons. The van der Waals surface area contributed by atoms with Crippen molar-refractivity contribution in [2.45, 2.75) is 25.9 Å². The van der Waals surface area contributed by atoms with E-state index in [9.17, 15) is 4.79 Å². The molecule has 5 rings (SSSR count). The van der Waals surface area contributed by atoms with Gasteiger partial charge in [-0.15, -0.1) is 0 Å². The highest BCUT2D eigenvalue weighted by Gasteiger charge is 2.23. The number of para-hydroxylation sites is 3. The third-order valence-corrected chi connectivity index (χ3v) is 7.88. The molecule has 1 aliphatic heterocycles. The molecule has 4 aromatic rings. The number of ether oxygens (including phenoxy) is 1. The van der Waals surface area contributed by atoms with Crippen LogP contribution in [-0.2, 0) is 17.8 Å². The number of aromatic nitrogens is 1. The van der Waals surface area contributed by atoms with E-state index in [1.54, 1.807) is 7.11 Å². The third kappa shape index (κ3) is 7.03. The lowest BCUT2D eigenvalue weighted by molar-refractivity contribution is -0.123. The van der Waals surface area contributed by atoms with Crippen LogP contribution >= 0.6 is 0 Å². The first-order valence-electron chi connectivity index (χ1n) is 14.3. The summed E-state index contributed by atoms with van der Waals surface area (Å²) in [5.74, 6) is 0.985. The molecule has 0 radical (unpaired) electrons. The molecule has 1 aliphatic rings. The molecule has 1 aromatic heterocycles. The normalized spacial score (nSPS) is 14.9. The minimum atomic E-state index is -0.0213. The lowest BCUT2D eigenvalue weighted by atomic mass is 10.0. The molecule has 0 bridgehead atoms. The van der Waals surface area contributed by atoms with Gasteiger partial charge in [0.05, 0.1) is 13.7 Å². The second-order valence-electron chi connectivity index (χ2n) is 10.6. The number of carbonyl (C=O) groups is 1. The van der Waals surface area contributed by atoms with Crippen LogP contribution in [0.4, 0.5) is 5.69 Å². The second kappa shape index (κ2) is 13.5. The lowest BCUT2D eigenvalue weighted by Gasteiger charge is -2.36. The van der Waals surface area contributed by atoms with Gasteiger partial charge < -0.3 is 19.9 Å². The maximum Gasteiger partial charge on any atom is 0.234 e. The first-order valence-corrected chi connectivity index (χ1v) is 14.3. The largest absolute Gasteiger partial charge is 0.496 e. The Hall–Kier alpha value is -3.81. The third-order valence-electron chi connectivity index (χ3n) is 7.88. The molecule has 0 aliphatic carbocycles. The molecule has 1 amide bonds. The standard InChI is InChI=1S/C33H41N5O2/c1-3-36(23-26-11-7-10-16-32(26)40-2)24-28(21-27-22-34-31-15-9-8-14-30(27)31)35-33(39)25-37-17-19-38(20-18-37)29-12-5-4-6-13-29/h4-16,22,28,34H,3,17-21,23-25H2,1-2H3,(H,35,39). The van der Waals surface area contributed by atoms with Gasteiger partial charge in [-0.2, -0.15) is 0 Å². The zero-order valence-corrected chi connectivity index (χ0v) is 23.7. The molecule has 7 nitrogen and oxygen atoms in total. The number of benzene rings is 3. The summed E-state index contributed by atoms with van der Waals surface area (Å²) in [6.07, 6.45) is 2.85. The zero-order chi connectivity index (χ0) is 27.7. The van der Waals surface area contributed by atoms with Crippen molar-refractivity contribution >= 4 is 22.5 Å². The Morgan fingerprint density at radius 1 is 0.950 bits per heavy atom. The van der Waals surface area contributed by atoms with Crippen molar-refractivity contribution in [2.24, 2.45) is 0 Å². The summed E-state index contributed by atoms with van der Waals surface area (Å²) < 4.78 is 5.60. The lowest BCUT2D eigenvalue weighted by Crippen LogP contribution is -2.52. The van der Waals surface area contributed by atoms with Gasteiger partial charge >= 0.3 is 0 Å². The molecule has 1 saturated heterocycles. The van der Waals surface area contributed by atoms with Gasteiger partial charge in [0.2, 0.25) is 5.91 Å². The van der Waals surface area contributed by atoms with E-state index in [2.05, 4.69) is 92.7 Å². The fourth-order valence-corrected chi connectivity index (χ4v) is 5.70. The highest BCUT2D eigenvalue weighted by molar-refractivity contribution is 5.83. The number of H-pyrrole nitrogens is 1. The van der Waals surface area contributed by atoms with E-state index >= 15 is 0 Å². The Balaban J connectivity index is 1.25. The summed E-state index contributed by atoms with van der Waals surface area (Å²) in [6, 6.07) is 27.0. The smallest absolute Gasteiger partial charge is 0.234 e. The van der Waals surface area contributed by atoms with E-state index in [4.69, 9.17) is 4.74 Å².